The van der Waals surface area contributed by atoms with Gasteiger partial charge in [0.2, 0.25) is 0 Å². The van der Waals surface area contributed by atoms with Crippen LogP contribution in [0.25, 0.3) is 5.70 Å². The minimum atomic E-state index is 0.210. The molecule has 0 radical (unpaired) electrons. The Morgan fingerprint density at radius 1 is 1.14 bits per heavy atom. The van der Waals surface area contributed by atoms with Crippen molar-refractivity contribution in [1.29, 1.82) is 0 Å². The van der Waals surface area contributed by atoms with E-state index in [4.69, 9.17) is 4.74 Å². The fourth-order valence-electron chi connectivity index (χ4n) is 2.62. The molecule has 5 heteroatoms. The lowest BCUT2D eigenvalue weighted by Gasteiger charge is -2.22. The van der Waals surface area contributed by atoms with Gasteiger partial charge in [0.1, 0.15) is 5.75 Å². The summed E-state index contributed by atoms with van der Waals surface area (Å²) in [6.45, 7) is 0. The molecule has 0 bridgehead atoms. The number of halogens is 1. The molecule has 2 aromatic rings. The Morgan fingerprint density at radius 2 is 1.95 bits per heavy atom. The minimum Gasteiger partial charge on any atom is -0.497 e. The molecular formula is C16H13BrN2OS. The van der Waals surface area contributed by atoms with E-state index >= 15 is 0 Å². The molecule has 0 aliphatic carbocycles. The highest BCUT2D eigenvalue weighted by molar-refractivity contribution is 9.07. The molecule has 1 unspecified atom stereocenters. The van der Waals surface area contributed by atoms with E-state index in [1.54, 1.807) is 7.11 Å². The third kappa shape index (κ3) is 2.03. The first-order chi connectivity index (χ1) is 10.3. The van der Waals surface area contributed by atoms with E-state index in [-0.39, 0.29) is 5.50 Å². The Balaban J connectivity index is 1.76. The van der Waals surface area contributed by atoms with Gasteiger partial charge in [0.25, 0.3) is 0 Å². The predicted molar refractivity (Wildman–Crippen MR) is 90.3 cm³/mol. The van der Waals surface area contributed by atoms with Gasteiger partial charge in [-0.3, -0.25) is 3.93 Å². The van der Waals surface area contributed by atoms with E-state index in [1.807, 2.05) is 23.9 Å². The van der Waals surface area contributed by atoms with Gasteiger partial charge in [0.05, 0.1) is 34.6 Å². The fourth-order valence-corrected chi connectivity index (χ4v) is 4.51. The summed E-state index contributed by atoms with van der Waals surface area (Å²) in [7, 11) is 1.70. The largest absolute Gasteiger partial charge is 0.497 e. The zero-order chi connectivity index (χ0) is 14.4. The summed E-state index contributed by atoms with van der Waals surface area (Å²) < 4.78 is 7.48. The number of nitrogens with zero attached hydrogens (tertiary/aromatic N) is 2. The van der Waals surface area contributed by atoms with Gasteiger partial charge in [-0.25, -0.2) is 0 Å². The van der Waals surface area contributed by atoms with Crippen LogP contribution in [0.15, 0.2) is 59.6 Å². The lowest BCUT2D eigenvalue weighted by molar-refractivity contribution is 0.414. The SMILES string of the molecule is COc1ccc2c(c1)N1C=C(c3ccccc3)N(Br)C1S2. The molecule has 21 heavy (non-hydrogen) atoms. The van der Waals surface area contributed by atoms with Crippen LogP contribution in [0.1, 0.15) is 5.56 Å². The number of methoxy groups -OCH3 is 1. The van der Waals surface area contributed by atoms with Crippen molar-refractivity contribution in [3.63, 3.8) is 0 Å². The van der Waals surface area contributed by atoms with E-state index < -0.39 is 0 Å². The second kappa shape index (κ2) is 5.00. The first kappa shape index (κ1) is 13.1. The molecule has 0 saturated carbocycles. The van der Waals surface area contributed by atoms with Crippen LogP contribution in [0.5, 0.6) is 5.75 Å². The molecule has 0 spiro atoms. The van der Waals surface area contributed by atoms with Crippen molar-refractivity contribution < 1.29 is 4.74 Å². The fraction of sp³-hybridized carbons (Fsp3) is 0.125. The van der Waals surface area contributed by atoms with Crippen LogP contribution in [-0.4, -0.2) is 16.5 Å². The van der Waals surface area contributed by atoms with Gasteiger partial charge in [0.15, 0.2) is 5.50 Å². The zero-order valence-corrected chi connectivity index (χ0v) is 13.8. The van der Waals surface area contributed by atoms with Crippen LogP contribution in [0.2, 0.25) is 0 Å². The molecule has 2 aliphatic heterocycles. The van der Waals surface area contributed by atoms with Crippen LogP contribution < -0.4 is 9.64 Å². The number of hydrogen-bond donors (Lipinski definition) is 0. The molecule has 0 amide bonds. The average molecular weight is 361 g/mol. The second-order valence-electron chi connectivity index (χ2n) is 4.88. The molecule has 0 fully saturated rings. The first-order valence-corrected chi connectivity index (χ1v) is 8.22. The van der Waals surface area contributed by atoms with Crippen LogP contribution in [-0.2, 0) is 0 Å². The number of rotatable bonds is 2. The molecule has 2 heterocycles. The maximum absolute atomic E-state index is 5.34. The molecule has 0 N–H and O–H groups in total. The first-order valence-electron chi connectivity index (χ1n) is 6.63. The van der Waals surface area contributed by atoms with E-state index in [9.17, 15) is 0 Å². The van der Waals surface area contributed by atoms with E-state index in [1.165, 1.54) is 21.8 Å². The molecule has 2 aromatic carbocycles. The number of hydrogen-bond acceptors (Lipinski definition) is 4. The van der Waals surface area contributed by atoms with Crippen molar-refractivity contribution in [1.82, 2.24) is 3.93 Å². The lowest BCUT2D eigenvalue weighted by atomic mass is 10.2. The van der Waals surface area contributed by atoms with Crippen molar-refractivity contribution in [3.05, 3.63) is 60.3 Å². The van der Waals surface area contributed by atoms with Crippen molar-refractivity contribution in [2.75, 3.05) is 12.0 Å². The van der Waals surface area contributed by atoms with Gasteiger partial charge < -0.3 is 9.64 Å². The van der Waals surface area contributed by atoms with Crippen molar-refractivity contribution in [2.45, 2.75) is 10.4 Å². The number of thioether (sulfide) groups is 1. The summed E-state index contributed by atoms with van der Waals surface area (Å²) in [5.41, 5.74) is 3.78. The van der Waals surface area contributed by atoms with Crippen molar-refractivity contribution in [2.24, 2.45) is 0 Å². The maximum Gasteiger partial charge on any atom is 0.169 e. The summed E-state index contributed by atoms with van der Waals surface area (Å²) in [6.07, 6.45) is 2.19. The summed E-state index contributed by atoms with van der Waals surface area (Å²) in [6, 6.07) is 16.6. The molecule has 4 rings (SSSR count). The molecule has 2 aliphatic rings. The summed E-state index contributed by atoms with van der Waals surface area (Å²) in [5, 5.41) is 0. The van der Waals surface area contributed by atoms with Gasteiger partial charge in [-0.1, -0.05) is 42.1 Å². The Bertz CT molecular complexity index is 719. The normalized spacial score (nSPS) is 19.3. The summed E-state index contributed by atoms with van der Waals surface area (Å²) in [5.74, 6) is 0.887. The smallest absolute Gasteiger partial charge is 0.169 e. The number of anilines is 1. The topological polar surface area (TPSA) is 15.7 Å². The standard InChI is InChI=1S/C16H13BrN2OS/c1-20-12-7-8-15-13(9-12)18-10-14(19(17)16(18)21-15)11-5-3-2-4-6-11/h2-10,16H,1H3. The molecule has 0 saturated heterocycles. The zero-order valence-electron chi connectivity index (χ0n) is 11.4. The number of ether oxygens (including phenoxy) is 1. The van der Waals surface area contributed by atoms with Crippen LogP contribution in [0.3, 0.4) is 0 Å². The Hall–Kier alpha value is -1.59. The van der Waals surface area contributed by atoms with E-state index in [2.05, 4.69) is 67.6 Å². The quantitative estimate of drug-likeness (QED) is 0.731. The van der Waals surface area contributed by atoms with E-state index in [0.29, 0.717) is 0 Å². The van der Waals surface area contributed by atoms with E-state index in [0.717, 1.165) is 5.75 Å². The predicted octanol–water partition coefficient (Wildman–Crippen LogP) is 4.52. The van der Waals surface area contributed by atoms with Gasteiger partial charge in [-0.05, 0) is 12.1 Å². The van der Waals surface area contributed by atoms with Crippen LogP contribution in [0.4, 0.5) is 5.69 Å². The third-order valence-electron chi connectivity index (χ3n) is 3.67. The average Bonchev–Trinajstić information content (AvgIpc) is 3.05. The highest BCUT2D eigenvalue weighted by Gasteiger charge is 2.39. The number of benzene rings is 2. The third-order valence-corrected chi connectivity index (χ3v) is 5.96. The Morgan fingerprint density at radius 3 is 2.71 bits per heavy atom. The summed E-state index contributed by atoms with van der Waals surface area (Å²) in [4.78, 5) is 3.55. The van der Waals surface area contributed by atoms with Crippen molar-refractivity contribution >= 4 is 39.3 Å². The summed E-state index contributed by atoms with van der Waals surface area (Å²) >= 11 is 5.54. The van der Waals surface area contributed by atoms with Crippen molar-refractivity contribution in [3.8, 4) is 5.75 Å². The highest BCUT2D eigenvalue weighted by Crippen LogP contribution is 2.52. The molecule has 3 nitrogen and oxygen atoms in total. The van der Waals surface area contributed by atoms with Gasteiger partial charge in [0, 0.05) is 22.7 Å². The van der Waals surface area contributed by atoms with Crippen LogP contribution in [0, 0.1) is 0 Å². The molecule has 0 aromatic heterocycles. The van der Waals surface area contributed by atoms with Gasteiger partial charge in [-0.15, -0.1) is 0 Å². The second-order valence-corrected chi connectivity index (χ2v) is 6.74. The molecule has 1 atom stereocenters. The van der Waals surface area contributed by atoms with Crippen LogP contribution >= 0.6 is 27.9 Å². The molecular weight excluding hydrogens is 348 g/mol. The van der Waals surface area contributed by atoms with Gasteiger partial charge >= 0.3 is 0 Å². The Labute approximate surface area is 136 Å². The molecule has 106 valence electrons. The maximum atomic E-state index is 5.34. The monoisotopic (exact) mass is 360 g/mol. The minimum absolute atomic E-state index is 0.210. The lowest BCUT2D eigenvalue weighted by Crippen LogP contribution is -2.27. The highest BCUT2D eigenvalue weighted by atomic mass is 79.9. The Kier molecular flexibility index (Phi) is 3.12. The number of fused-ring (bicyclic) bond motifs is 3. The van der Waals surface area contributed by atoms with Gasteiger partial charge in [-0.2, -0.15) is 0 Å².